The zero-order valence-electron chi connectivity index (χ0n) is 12.7. The highest BCUT2D eigenvalue weighted by molar-refractivity contribution is 7.98. The maximum atomic E-state index is 13.8. The van der Waals surface area contributed by atoms with Gasteiger partial charge in [-0.2, -0.15) is 0 Å². The first-order valence-electron chi connectivity index (χ1n) is 7.21. The summed E-state index contributed by atoms with van der Waals surface area (Å²) in [7, 11) is 0. The Kier molecular flexibility index (Phi) is 5.00. The molecule has 4 nitrogen and oxygen atoms in total. The molecule has 0 saturated heterocycles. The third-order valence-corrected chi connectivity index (χ3v) is 4.37. The largest absolute Gasteiger partial charge is 0.298 e. The van der Waals surface area contributed by atoms with Gasteiger partial charge in [-0.3, -0.25) is 9.55 Å². The van der Waals surface area contributed by atoms with Gasteiger partial charge in [-0.25, -0.2) is 8.78 Å². The summed E-state index contributed by atoms with van der Waals surface area (Å²) in [5.74, 6) is -0.337. The molecule has 0 fully saturated rings. The van der Waals surface area contributed by atoms with Crippen LogP contribution in [-0.2, 0) is 12.3 Å². The van der Waals surface area contributed by atoms with Gasteiger partial charge >= 0.3 is 0 Å². The molecule has 2 heterocycles. The molecule has 0 N–H and O–H groups in total. The molecule has 3 aromatic rings. The predicted molar refractivity (Wildman–Crippen MR) is 89.4 cm³/mol. The Hall–Kier alpha value is -2.54. The third-order valence-electron chi connectivity index (χ3n) is 3.37. The standard InChI is InChI=1S/C17H14F2N4S/c1-2-10-23-16(12-6-8-20-9-7-12)21-22-17(23)24-11-13-14(18)4-3-5-15(13)19/h2-9H,1,10-11H2. The van der Waals surface area contributed by atoms with E-state index in [1.54, 1.807) is 18.5 Å². The van der Waals surface area contributed by atoms with E-state index in [9.17, 15) is 8.78 Å². The minimum absolute atomic E-state index is 0.0288. The lowest BCUT2D eigenvalue weighted by Crippen LogP contribution is -2.01. The minimum Gasteiger partial charge on any atom is -0.298 e. The van der Waals surface area contributed by atoms with E-state index in [1.165, 1.54) is 30.0 Å². The van der Waals surface area contributed by atoms with Crippen LogP contribution in [0.4, 0.5) is 8.78 Å². The number of benzene rings is 1. The topological polar surface area (TPSA) is 43.6 Å². The van der Waals surface area contributed by atoms with E-state index in [0.717, 1.165) is 5.56 Å². The Morgan fingerprint density at radius 3 is 2.46 bits per heavy atom. The summed E-state index contributed by atoms with van der Waals surface area (Å²) in [5.41, 5.74) is 0.893. The van der Waals surface area contributed by atoms with Crippen molar-refractivity contribution in [3.05, 3.63) is 72.6 Å². The van der Waals surface area contributed by atoms with Crippen LogP contribution in [0.15, 0.2) is 60.5 Å². The molecule has 0 aliphatic heterocycles. The summed E-state index contributed by atoms with van der Waals surface area (Å²) in [6, 6.07) is 7.50. The fraction of sp³-hybridized carbons (Fsp3) is 0.118. The zero-order chi connectivity index (χ0) is 16.9. The van der Waals surface area contributed by atoms with Crippen LogP contribution in [0.25, 0.3) is 11.4 Å². The number of halogens is 2. The number of rotatable bonds is 6. The first kappa shape index (κ1) is 16.3. The highest BCUT2D eigenvalue weighted by Gasteiger charge is 2.15. The van der Waals surface area contributed by atoms with Crippen molar-refractivity contribution >= 4 is 11.8 Å². The van der Waals surface area contributed by atoms with Gasteiger partial charge in [-0.1, -0.05) is 23.9 Å². The fourth-order valence-corrected chi connectivity index (χ4v) is 3.18. The molecule has 2 aromatic heterocycles. The molecular weight excluding hydrogens is 330 g/mol. The van der Waals surface area contributed by atoms with Gasteiger partial charge in [0.2, 0.25) is 0 Å². The van der Waals surface area contributed by atoms with Gasteiger partial charge in [0, 0.05) is 35.8 Å². The van der Waals surface area contributed by atoms with Crippen LogP contribution >= 0.6 is 11.8 Å². The molecule has 0 atom stereocenters. The van der Waals surface area contributed by atoms with E-state index < -0.39 is 11.6 Å². The Balaban J connectivity index is 1.89. The van der Waals surface area contributed by atoms with Crippen molar-refractivity contribution in [2.24, 2.45) is 0 Å². The van der Waals surface area contributed by atoms with Gasteiger partial charge in [0.05, 0.1) is 0 Å². The summed E-state index contributed by atoms with van der Waals surface area (Å²) < 4.78 is 29.4. The highest BCUT2D eigenvalue weighted by atomic mass is 32.2. The lowest BCUT2D eigenvalue weighted by Gasteiger charge is -2.08. The molecule has 3 rings (SSSR count). The second-order valence-electron chi connectivity index (χ2n) is 4.93. The second kappa shape index (κ2) is 7.35. The van der Waals surface area contributed by atoms with E-state index in [2.05, 4.69) is 21.8 Å². The van der Waals surface area contributed by atoms with Crippen LogP contribution in [0.3, 0.4) is 0 Å². The molecule has 0 aliphatic carbocycles. The average molecular weight is 344 g/mol. The number of allylic oxidation sites excluding steroid dienone is 1. The van der Waals surface area contributed by atoms with Crippen LogP contribution in [0.1, 0.15) is 5.56 Å². The van der Waals surface area contributed by atoms with Gasteiger partial charge in [0.25, 0.3) is 0 Å². The smallest absolute Gasteiger partial charge is 0.192 e. The van der Waals surface area contributed by atoms with Crippen molar-refractivity contribution < 1.29 is 8.78 Å². The molecule has 122 valence electrons. The molecule has 7 heteroatoms. The quantitative estimate of drug-likeness (QED) is 0.499. The summed E-state index contributed by atoms with van der Waals surface area (Å²) >= 11 is 1.23. The van der Waals surface area contributed by atoms with Gasteiger partial charge in [0.15, 0.2) is 11.0 Å². The Morgan fingerprint density at radius 1 is 1.08 bits per heavy atom. The zero-order valence-corrected chi connectivity index (χ0v) is 13.5. The molecular formula is C17H14F2N4S. The first-order valence-corrected chi connectivity index (χ1v) is 8.19. The van der Waals surface area contributed by atoms with Crippen molar-refractivity contribution in [2.45, 2.75) is 17.5 Å². The lowest BCUT2D eigenvalue weighted by atomic mass is 10.2. The number of aromatic nitrogens is 4. The van der Waals surface area contributed by atoms with E-state index in [0.29, 0.717) is 17.5 Å². The van der Waals surface area contributed by atoms with Gasteiger partial charge in [-0.05, 0) is 24.3 Å². The van der Waals surface area contributed by atoms with Crippen LogP contribution in [0.2, 0.25) is 0 Å². The van der Waals surface area contributed by atoms with Crippen molar-refractivity contribution in [3.63, 3.8) is 0 Å². The number of thioether (sulfide) groups is 1. The third kappa shape index (κ3) is 3.35. The van der Waals surface area contributed by atoms with Gasteiger partial charge in [-0.15, -0.1) is 16.8 Å². The SMILES string of the molecule is C=CCn1c(SCc2c(F)cccc2F)nnc1-c1ccncc1. The molecule has 0 radical (unpaired) electrons. The van der Waals surface area contributed by atoms with Gasteiger partial charge < -0.3 is 0 Å². The summed E-state index contributed by atoms with van der Waals surface area (Å²) in [6.07, 6.45) is 5.06. The van der Waals surface area contributed by atoms with Crippen LogP contribution in [0.5, 0.6) is 0 Å². The van der Waals surface area contributed by atoms with E-state index in [-0.39, 0.29) is 11.3 Å². The van der Waals surface area contributed by atoms with E-state index in [1.807, 2.05) is 16.7 Å². The summed E-state index contributed by atoms with van der Waals surface area (Å²) in [6.45, 7) is 4.23. The average Bonchev–Trinajstić information content (AvgIpc) is 2.98. The van der Waals surface area contributed by atoms with Crippen molar-refractivity contribution in [3.8, 4) is 11.4 Å². The van der Waals surface area contributed by atoms with Crippen LogP contribution in [0, 0.1) is 11.6 Å². The fourth-order valence-electron chi connectivity index (χ4n) is 2.21. The highest BCUT2D eigenvalue weighted by Crippen LogP contribution is 2.27. The number of hydrogen-bond donors (Lipinski definition) is 0. The first-order chi connectivity index (χ1) is 11.7. The Morgan fingerprint density at radius 2 is 1.79 bits per heavy atom. The van der Waals surface area contributed by atoms with Crippen molar-refractivity contribution in [1.82, 2.24) is 19.7 Å². The number of hydrogen-bond acceptors (Lipinski definition) is 4. The lowest BCUT2D eigenvalue weighted by molar-refractivity contribution is 0.566. The Labute approximate surface area is 142 Å². The molecule has 24 heavy (non-hydrogen) atoms. The van der Waals surface area contributed by atoms with Crippen LogP contribution < -0.4 is 0 Å². The monoisotopic (exact) mass is 344 g/mol. The molecule has 0 saturated carbocycles. The Bertz CT molecular complexity index is 829. The molecule has 0 spiro atoms. The number of nitrogens with zero attached hydrogens (tertiary/aromatic N) is 4. The number of pyridine rings is 1. The second-order valence-corrected chi connectivity index (χ2v) is 5.87. The molecule has 0 unspecified atom stereocenters. The van der Waals surface area contributed by atoms with Crippen LogP contribution in [-0.4, -0.2) is 19.7 Å². The van der Waals surface area contributed by atoms with Gasteiger partial charge in [0.1, 0.15) is 11.6 Å². The summed E-state index contributed by atoms with van der Waals surface area (Å²) in [4.78, 5) is 3.98. The molecule has 0 bridgehead atoms. The van der Waals surface area contributed by atoms with E-state index in [4.69, 9.17) is 0 Å². The normalized spacial score (nSPS) is 10.8. The maximum Gasteiger partial charge on any atom is 0.192 e. The maximum absolute atomic E-state index is 13.8. The molecule has 0 amide bonds. The van der Waals surface area contributed by atoms with E-state index >= 15 is 0 Å². The molecule has 0 aliphatic rings. The van der Waals surface area contributed by atoms with Crippen molar-refractivity contribution in [2.75, 3.05) is 0 Å². The molecule has 1 aromatic carbocycles. The predicted octanol–water partition coefficient (Wildman–Crippen LogP) is 4.10. The summed E-state index contributed by atoms with van der Waals surface area (Å²) in [5, 5.41) is 8.91. The minimum atomic E-state index is -0.563. The van der Waals surface area contributed by atoms with Crippen molar-refractivity contribution in [1.29, 1.82) is 0 Å².